The number of rotatable bonds is 3. The Morgan fingerprint density at radius 1 is 1.37 bits per heavy atom. The molecule has 0 spiro atoms. The van der Waals surface area contributed by atoms with Crippen LogP contribution in [0.5, 0.6) is 0 Å². The molecule has 0 aliphatic rings. The number of nitrogens with zero attached hydrogens (tertiary/aromatic N) is 4. The van der Waals surface area contributed by atoms with E-state index in [1.807, 2.05) is 0 Å². The molecule has 0 aliphatic carbocycles. The molecule has 1 N–H and O–H groups in total. The summed E-state index contributed by atoms with van der Waals surface area (Å²) in [6.07, 6.45) is 0. The van der Waals surface area contributed by atoms with Gasteiger partial charge in [0.05, 0.1) is 11.3 Å². The van der Waals surface area contributed by atoms with Crippen molar-refractivity contribution in [1.29, 1.82) is 10.5 Å². The number of carbonyl (C=O) groups is 1. The van der Waals surface area contributed by atoms with Crippen LogP contribution in [-0.4, -0.2) is 30.6 Å². The molecule has 6 nitrogen and oxygen atoms in total. The second-order valence-corrected chi connectivity index (χ2v) is 4.12. The van der Waals surface area contributed by atoms with E-state index >= 15 is 0 Å². The largest absolute Gasteiger partial charge is 0.345 e. The van der Waals surface area contributed by atoms with Gasteiger partial charge in [-0.1, -0.05) is 11.6 Å². The smallest absolute Gasteiger partial charge is 0.255 e. The molecule has 0 bridgehead atoms. The number of hydrazone groups is 1. The van der Waals surface area contributed by atoms with E-state index in [9.17, 15) is 4.79 Å². The van der Waals surface area contributed by atoms with Gasteiger partial charge in [0.25, 0.3) is 5.91 Å². The molecule has 0 saturated heterocycles. The summed E-state index contributed by atoms with van der Waals surface area (Å²) in [4.78, 5) is 13.3. The number of benzene rings is 1. The number of nitrogens with one attached hydrogen (secondary N) is 1. The molecule has 1 rings (SSSR count). The minimum atomic E-state index is -0.335. The molecular formula is C12H10ClN5O. The first-order valence-electron chi connectivity index (χ1n) is 5.14. The number of anilines is 1. The van der Waals surface area contributed by atoms with E-state index in [1.54, 1.807) is 38.4 Å². The zero-order valence-electron chi connectivity index (χ0n) is 10.3. The van der Waals surface area contributed by atoms with Gasteiger partial charge in [0, 0.05) is 19.1 Å². The predicted molar refractivity (Wildman–Crippen MR) is 71.8 cm³/mol. The van der Waals surface area contributed by atoms with E-state index in [-0.39, 0.29) is 11.6 Å². The van der Waals surface area contributed by atoms with Crippen LogP contribution in [-0.2, 0) is 0 Å². The molecule has 0 saturated carbocycles. The van der Waals surface area contributed by atoms with Gasteiger partial charge >= 0.3 is 0 Å². The van der Waals surface area contributed by atoms with Crippen LogP contribution in [0.1, 0.15) is 10.4 Å². The summed E-state index contributed by atoms with van der Waals surface area (Å²) in [7, 11) is 3.21. The summed E-state index contributed by atoms with van der Waals surface area (Å²) in [5.41, 5.74) is 2.85. The van der Waals surface area contributed by atoms with Crippen molar-refractivity contribution in [2.45, 2.75) is 0 Å². The average molecular weight is 276 g/mol. The van der Waals surface area contributed by atoms with Crippen LogP contribution >= 0.6 is 11.6 Å². The minimum absolute atomic E-state index is 0.268. The first-order chi connectivity index (χ1) is 8.99. The van der Waals surface area contributed by atoms with Crippen molar-refractivity contribution in [3.8, 4) is 12.1 Å². The van der Waals surface area contributed by atoms with Gasteiger partial charge < -0.3 is 4.90 Å². The molecule has 1 aromatic rings. The van der Waals surface area contributed by atoms with Crippen LogP contribution in [0.4, 0.5) is 5.69 Å². The number of hydrogen-bond acceptors (Lipinski definition) is 5. The second kappa shape index (κ2) is 6.39. The summed E-state index contributed by atoms with van der Waals surface area (Å²) in [5.74, 6) is -0.268. The zero-order chi connectivity index (χ0) is 14.4. The van der Waals surface area contributed by atoms with Crippen molar-refractivity contribution in [3.63, 3.8) is 0 Å². The van der Waals surface area contributed by atoms with E-state index < -0.39 is 0 Å². The zero-order valence-corrected chi connectivity index (χ0v) is 11.1. The lowest BCUT2D eigenvalue weighted by Gasteiger charge is -2.13. The third kappa shape index (κ3) is 3.70. The number of amides is 1. The van der Waals surface area contributed by atoms with Crippen LogP contribution in [0, 0.1) is 22.7 Å². The standard InChI is InChI=1S/C12H10ClN5O/c1-18(2)12(19)10-5-8(13)3-4-11(10)17-16-9(6-14)7-15/h3-5,17H,1-2H3. The Balaban J connectivity index is 3.16. The Bertz CT molecular complexity index is 594. The predicted octanol–water partition coefficient (Wildman–Crippen LogP) is 1.86. The highest BCUT2D eigenvalue weighted by atomic mass is 35.5. The van der Waals surface area contributed by atoms with E-state index in [1.165, 1.54) is 11.0 Å². The third-order valence-electron chi connectivity index (χ3n) is 2.12. The van der Waals surface area contributed by atoms with Crippen LogP contribution in [0.2, 0.25) is 5.02 Å². The Labute approximate surface area is 115 Å². The highest BCUT2D eigenvalue weighted by molar-refractivity contribution is 6.31. The fourth-order valence-electron chi connectivity index (χ4n) is 1.22. The number of halogens is 1. The lowest BCUT2D eigenvalue weighted by Crippen LogP contribution is -2.22. The van der Waals surface area contributed by atoms with Gasteiger partial charge in [-0.25, -0.2) is 0 Å². The molecule has 0 radical (unpaired) electrons. The average Bonchev–Trinajstić information content (AvgIpc) is 2.40. The Morgan fingerprint density at radius 2 is 2.00 bits per heavy atom. The van der Waals surface area contributed by atoms with E-state index in [0.29, 0.717) is 16.3 Å². The van der Waals surface area contributed by atoms with Gasteiger partial charge in [0.2, 0.25) is 5.71 Å². The lowest BCUT2D eigenvalue weighted by atomic mass is 10.1. The normalized spacial score (nSPS) is 8.89. The van der Waals surface area contributed by atoms with Gasteiger partial charge in [0.15, 0.2) is 0 Å². The fraction of sp³-hybridized carbons (Fsp3) is 0.167. The van der Waals surface area contributed by atoms with Crippen LogP contribution in [0.3, 0.4) is 0 Å². The summed E-state index contributed by atoms with van der Waals surface area (Å²) >= 11 is 5.84. The summed E-state index contributed by atoms with van der Waals surface area (Å²) in [6, 6.07) is 7.83. The molecule has 19 heavy (non-hydrogen) atoms. The molecule has 0 heterocycles. The molecule has 0 atom stereocenters. The van der Waals surface area contributed by atoms with Gasteiger partial charge in [-0.05, 0) is 18.2 Å². The van der Waals surface area contributed by atoms with Crippen LogP contribution < -0.4 is 5.43 Å². The number of nitriles is 2. The highest BCUT2D eigenvalue weighted by Gasteiger charge is 2.14. The second-order valence-electron chi connectivity index (χ2n) is 3.69. The Morgan fingerprint density at radius 3 is 2.53 bits per heavy atom. The first-order valence-corrected chi connectivity index (χ1v) is 5.52. The van der Waals surface area contributed by atoms with Crippen LogP contribution in [0.15, 0.2) is 23.3 Å². The number of carbonyl (C=O) groups excluding carboxylic acids is 1. The molecular weight excluding hydrogens is 266 g/mol. The van der Waals surface area contributed by atoms with Gasteiger partial charge in [-0.15, -0.1) is 0 Å². The maximum Gasteiger partial charge on any atom is 0.255 e. The van der Waals surface area contributed by atoms with Crippen molar-refractivity contribution in [2.24, 2.45) is 5.10 Å². The SMILES string of the molecule is CN(C)C(=O)c1cc(Cl)ccc1NN=C(C#N)C#N. The molecule has 0 fully saturated rings. The maximum atomic E-state index is 12.0. The van der Waals surface area contributed by atoms with Crippen LogP contribution in [0.25, 0.3) is 0 Å². The quantitative estimate of drug-likeness (QED) is 0.673. The third-order valence-corrected chi connectivity index (χ3v) is 2.35. The molecule has 7 heteroatoms. The fourth-order valence-corrected chi connectivity index (χ4v) is 1.40. The Hall–Kier alpha value is -2.57. The topological polar surface area (TPSA) is 92.3 Å². The van der Waals surface area contributed by atoms with E-state index in [0.717, 1.165) is 0 Å². The maximum absolute atomic E-state index is 12.0. The van der Waals surface area contributed by atoms with E-state index in [4.69, 9.17) is 22.1 Å². The summed E-state index contributed by atoms with van der Waals surface area (Å²) < 4.78 is 0. The highest BCUT2D eigenvalue weighted by Crippen LogP contribution is 2.21. The van der Waals surface area contributed by atoms with Gasteiger partial charge in [0.1, 0.15) is 12.1 Å². The van der Waals surface area contributed by atoms with Gasteiger partial charge in [-0.3, -0.25) is 10.2 Å². The summed E-state index contributed by atoms with van der Waals surface area (Å²) in [6.45, 7) is 0. The van der Waals surface area contributed by atoms with Crippen molar-refractivity contribution in [3.05, 3.63) is 28.8 Å². The minimum Gasteiger partial charge on any atom is -0.345 e. The monoisotopic (exact) mass is 275 g/mol. The van der Waals surface area contributed by atoms with Crippen molar-refractivity contribution in [1.82, 2.24) is 4.90 Å². The molecule has 1 amide bonds. The lowest BCUT2D eigenvalue weighted by molar-refractivity contribution is 0.0828. The van der Waals surface area contributed by atoms with Crippen molar-refractivity contribution >= 4 is 28.9 Å². The molecule has 0 aliphatic heterocycles. The molecule has 0 aromatic heterocycles. The van der Waals surface area contributed by atoms with E-state index in [2.05, 4.69) is 10.5 Å². The molecule has 96 valence electrons. The van der Waals surface area contributed by atoms with Gasteiger partial charge in [-0.2, -0.15) is 15.6 Å². The number of hydrogen-bond donors (Lipinski definition) is 1. The summed E-state index contributed by atoms with van der Waals surface area (Å²) in [5, 5.41) is 21.1. The molecule has 0 unspecified atom stereocenters. The van der Waals surface area contributed by atoms with Crippen molar-refractivity contribution in [2.75, 3.05) is 19.5 Å². The molecule has 1 aromatic carbocycles. The van der Waals surface area contributed by atoms with Crippen molar-refractivity contribution < 1.29 is 4.79 Å². The first kappa shape index (κ1) is 14.5. The Kier molecular flexibility index (Phi) is 4.87.